The summed E-state index contributed by atoms with van der Waals surface area (Å²) in [6.07, 6.45) is 2.11. The second-order valence-electron chi connectivity index (χ2n) is 5.45. The molecule has 0 fully saturated rings. The van der Waals surface area contributed by atoms with E-state index in [1.165, 1.54) is 5.52 Å². The molecule has 0 amide bonds. The Labute approximate surface area is 115 Å². The Balaban J connectivity index is 2.45. The molecule has 1 unspecified atom stereocenters. The van der Waals surface area contributed by atoms with E-state index < -0.39 is 0 Å². The number of benzene rings is 1. The van der Waals surface area contributed by atoms with Crippen molar-refractivity contribution in [3.8, 4) is 0 Å². The van der Waals surface area contributed by atoms with E-state index in [1.54, 1.807) is 0 Å². The third kappa shape index (κ3) is 2.89. The number of aromatic nitrogens is 2. The number of nitrogens with zero attached hydrogens (tertiary/aromatic N) is 3. The normalized spacial score (nSPS) is 13.3. The molecule has 0 radical (unpaired) electrons. The van der Waals surface area contributed by atoms with Crippen LogP contribution in [0.3, 0.4) is 0 Å². The van der Waals surface area contributed by atoms with Crippen LogP contribution in [0.15, 0.2) is 18.2 Å². The number of likely N-dealkylation sites (N-methyl/N-ethyl adjacent to an activating group) is 1. The lowest BCUT2D eigenvalue weighted by atomic mass is 10.2. The first kappa shape index (κ1) is 13.9. The molecule has 4 nitrogen and oxygen atoms in total. The van der Waals surface area contributed by atoms with E-state index in [0.29, 0.717) is 6.04 Å². The highest BCUT2D eigenvalue weighted by molar-refractivity contribution is 5.79. The fourth-order valence-electron chi connectivity index (χ4n) is 2.24. The molecule has 19 heavy (non-hydrogen) atoms. The Morgan fingerprint density at radius 1 is 1.37 bits per heavy atom. The highest BCUT2D eigenvalue weighted by atomic mass is 15.2. The highest BCUT2D eigenvalue weighted by Crippen LogP contribution is 2.21. The smallest absolute Gasteiger partial charge is 0.109 e. The largest absolute Gasteiger partial charge is 0.399 e. The van der Waals surface area contributed by atoms with E-state index in [-0.39, 0.29) is 0 Å². The molecular formula is C15H24N4. The maximum atomic E-state index is 5.85. The van der Waals surface area contributed by atoms with Gasteiger partial charge in [-0.15, -0.1) is 0 Å². The monoisotopic (exact) mass is 260 g/mol. The number of imidazole rings is 1. The number of rotatable bonds is 5. The van der Waals surface area contributed by atoms with E-state index in [1.807, 2.05) is 12.1 Å². The van der Waals surface area contributed by atoms with Gasteiger partial charge in [-0.3, -0.25) is 0 Å². The lowest BCUT2D eigenvalue weighted by Crippen LogP contribution is -2.29. The molecule has 0 saturated carbocycles. The first-order chi connectivity index (χ1) is 9.02. The summed E-state index contributed by atoms with van der Waals surface area (Å²) in [6.45, 7) is 5.38. The first-order valence-electron chi connectivity index (χ1n) is 6.94. The predicted octanol–water partition coefficient (Wildman–Crippen LogP) is 2.52. The summed E-state index contributed by atoms with van der Waals surface area (Å²) in [4.78, 5) is 6.98. The van der Waals surface area contributed by atoms with Gasteiger partial charge in [-0.05, 0) is 45.6 Å². The Morgan fingerprint density at radius 3 is 2.74 bits per heavy atom. The van der Waals surface area contributed by atoms with Crippen molar-refractivity contribution in [2.24, 2.45) is 0 Å². The van der Waals surface area contributed by atoms with Crippen molar-refractivity contribution in [2.75, 3.05) is 19.8 Å². The molecule has 2 rings (SSSR count). The average Bonchev–Trinajstić information content (AvgIpc) is 2.67. The molecule has 0 aliphatic carbocycles. The molecular weight excluding hydrogens is 236 g/mol. The zero-order valence-electron chi connectivity index (χ0n) is 12.3. The summed E-state index contributed by atoms with van der Waals surface area (Å²) in [5.41, 5.74) is 8.82. The summed E-state index contributed by atoms with van der Waals surface area (Å²) >= 11 is 0. The van der Waals surface area contributed by atoms with Crippen LogP contribution in [-0.2, 0) is 13.0 Å². The van der Waals surface area contributed by atoms with Gasteiger partial charge in [-0.2, -0.15) is 0 Å². The number of nitrogens with two attached hydrogens (primary N) is 1. The molecule has 0 spiro atoms. The van der Waals surface area contributed by atoms with Crippen molar-refractivity contribution in [1.29, 1.82) is 0 Å². The molecule has 0 aliphatic rings. The summed E-state index contributed by atoms with van der Waals surface area (Å²) in [6, 6.07) is 6.48. The van der Waals surface area contributed by atoms with Crippen molar-refractivity contribution >= 4 is 16.7 Å². The lowest BCUT2D eigenvalue weighted by molar-refractivity contribution is 0.283. The number of hydrogen-bond acceptors (Lipinski definition) is 3. The molecule has 0 saturated heterocycles. The van der Waals surface area contributed by atoms with E-state index in [2.05, 4.69) is 43.5 Å². The van der Waals surface area contributed by atoms with Crippen LogP contribution in [0.1, 0.15) is 26.1 Å². The van der Waals surface area contributed by atoms with Crippen LogP contribution in [0.2, 0.25) is 0 Å². The number of nitrogen functional groups attached to an aromatic ring is 1. The molecule has 1 heterocycles. The molecule has 1 aromatic heterocycles. The van der Waals surface area contributed by atoms with Gasteiger partial charge in [-0.25, -0.2) is 4.98 Å². The minimum atomic E-state index is 0.477. The molecule has 0 bridgehead atoms. The van der Waals surface area contributed by atoms with Gasteiger partial charge in [0, 0.05) is 24.7 Å². The first-order valence-corrected chi connectivity index (χ1v) is 6.94. The maximum Gasteiger partial charge on any atom is 0.109 e. The van der Waals surface area contributed by atoms with Crippen molar-refractivity contribution in [3.05, 3.63) is 24.0 Å². The fourth-order valence-corrected chi connectivity index (χ4v) is 2.24. The second kappa shape index (κ2) is 5.61. The number of anilines is 1. The van der Waals surface area contributed by atoms with Gasteiger partial charge in [0.15, 0.2) is 0 Å². The molecule has 1 atom stereocenters. The summed E-state index contributed by atoms with van der Waals surface area (Å²) in [7, 11) is 4.22. The van der Waals surface area contributed by atoms with Crippen LogP contribution in [0.4, 0.5) is 5.69 Å². The quantitative estimate of drug-likeness (QED) is 0.840. The molecule has 1 aromatic carbocycles. The van der Waals surface area contributed by atoms with Gasteiger partial charge in [0.2, 0.25) is 0 Å². The standard InChI is InChI=1S/C15H24N4/c1-5-6-15-17-13-9-12(16)7-8-14(13)19(15)10-11(2)18(3)4/h7-9,11H,5-6,10,16H2,1-4H3. The second-order valence-corrected chi connectivity index (χ2v) is 5.45. The molecule has 0 aliphatic heterocycles. The highest BCUT2D eigenvalue weighted by Gasteiger charge is 2.14. The third-order valence-electron chi connectivity index (χ3n) is 3.65. The van der Waals surface area contributed by atoms with Crippen LogP contribution in [0.25, 0.3) is 11.0 Å². The Hall–Kier alpha value is -1.55. The number of aryl methyl sites for hydroxylation is 1. The average molecular weight is 260 g/mol. The third-order valence-corrected chi connectivity index (χ3v) is 3.65. The maximum absolute atomic E-state index is 5.85. The Morgan fingerprint density at radius 2 is 2.11 bits per heavy atom. The number of fused-ring (bicyclic) bond motifs is 1. The minimum absolute atomic E-state index is 0.477. The van der Waals surface area contributed by atoms with Crippen LogP contribution in [0, 0.1) is 0 Å². The lowest BCUT2D eigenvalue weighted by Gasteiger charge is -2.21. The molecule has 2 aromatic rings. The van der Waals surface area contributed by atoms with Crippen LogP contribution < -0.4 is 5.73 Å². The summed E-state index contributed by atoms with van der Waals surface area (Å²) in [5.74, 6) is 1.16. The van der Waals surface area contributed by atoms with Gasteiger partial charge in [0.1, 0.15) is 5.82 Å². The predicted molar refractivity (Wildman–Crippen MR) is 81.3 cm³/mol. The summed E-state index contributed by atoms with van der Waals surface area (Å²) < 4.78 is 2.34. The molecule has 4 heteroatoms. The zero-order valence-corrected chi connectivity index (χ0v) is 12.3. The molecule has 2 N–H and O–H groups in total. The SMILES string of the molecule is CCCc1nc2cc(N)ccc2n1CC(C)N(C)C. The van der Waals surface area contributed by atoms with Gasteiger partial charge in [0.05, 0.1) is 11.0 Å². The van der Waals surface area contributed by atoms with Gasteiger partial charge in [-0.1, -0.05) is 6.92 Å². The summed E-state index contributed by atoms with van der Waals surface area (Å²) in [5, 5.41) is 0. The minimum Gasteiger partial charge on any atom is -0.399 e. The van der Waals surface area contributed by atoms with Crippen molar-refractivity contribution < 1.29 is 0 Å². The zero-order chi connectivity index (χ0) is 14.0. The van der Waals surface area contributed by atoms with Crippen molar-refractivity contribution in [2.45, 2.75) is 39.3 Å². The van der Waals surface area contributed by atoms with Gasteiger partial charge >= 0.3 is 0 Å². The van der Waals surface area contributed by atoms with Crippen molar-refractivity contribution in [3.63, 3.8) is 0 Å². The van der Waals surface area contributed by atoms with Gasteiger partial charge < -0.3 is 15.2 Å². The van der Waals surface area contributed by atoms with Gasteiger partial charge in [0.25, 0.3) is 0 Å². The van der Waals surface area contributed by atoms with Crippen LogP contribution in [-0.4, -0.2) is 34.6 Å². The number of hydrogen-bond donors (Lipinski definition) is 1. The Bertz CT molecular complexity index is 557. The molecule has 104 valence electrons. The van der Waals surface area contributed by atoms with Crippen LogP contribution in [0.5, 0.6) is 0 Å². The topological polar surface area (TPSA) is 47.1 Å². The fraction of sp³-hybridized carbons (Fsp3) is 0.533. The van der Waals surface area contributed by atoms with Crippen molar-refractivity contribution in [1.82, 2.24) is 14.5 Å². The Kier molecular flexibility index (Phi) is 4.10. The van der Waals surface area contributed by atoms with E-state index in [9.17, 15) is 0 Å². The van der Waals surface area contributed by atoms with E-state index >= 15 is 0 Å². The van der Waals surface area contributed by atoms with E-state index in [0.717, 1.165) is 36.4 Å². The van der Waals surface area contributed by atoms with Crippen LogP contribution >= 0.6 is 0 Å². The van der Waals surface area contributed by atoms with E-state index in [4.69, 9.17) is 10.7 Å².